The molecule has 0 spiro atoms. The lowest BCUT2D eigenvalue weighted by atomic mass is 9.91. The average molecular weight is 330 g/mol. The van der Waals surface area contributed by atoms with E-state index in [0.29, 0.717) is 13.0 Å². The first-order valence-electron chi connectivity index (χ1n) is 8.23. The van der Waals surface area contributed by atoms with E-state index in [1.807, 2.05) is 32.0 Å². The van der Waals surface area contributed by atoms with Crippen LogP contribution < -0.4 is 5.32 Å². The maximum Gasteiger partial charge on any atom is 0.323 e. The number of hydrogen-bond donors (Lipinski definition) is 2. The van der Waals surface area contributed by atoms with Gasteiger partial charge in [0.15, 0.2) is 5.79 Å². The lowest BCUT2D eigenvalue weighted by Crippen LogP contribution is -2.49. The van der Waals surface area contributed by atoms with Gasteiger partial charge in [0.25, 0.3) is 0 Å². The van der Waals surface area contributed by atoms with Crippen molar-refractivity contribution >= 4 is 16.9 Å². The molecular formula is C18H22N2O4. The molecule has 2 N–H and O–H groups in total. The van der Waals surface area contributed by atoms with E-state index in [-0.39, 0.29) is 24.2 Å². The highest BCUT2D eigenvalue weighted by Gasteiger charge is 2.43. The number of carbonyl (C=O) groups is 1. The Kier molecular flexibility index (Phi) is 3.63. The van der Waals surface area contributed by atoms with Gasteiger partial charge >= 0.3 is 5.97 Å². The molecule has 2 aliphatic rings. The highest BCUT2D eigenvalue weighted by atomic mass is 16.7. The quantitative estimate of drug-likeness (QED) is 0.825. The number of para-hydroxylation sites is 1. The topological polar surface area (TPSA) is 72.6 Å². The second-order valence-electron chi connectivity index (χ2n) is 6.85. The summed E-state index contributed by atoms with van der Waals surface area (Å²) in [6.07, 6.45) is 0.429. The summed E-state index contributed by atoms with van der Waals surface area (Å²) in [6.45, 7) is 4.28. The van der Waals surface area contributed by atoms with E-state index in [1.165, 1.54) is 7.11 Å². The smallest absolute Gasteiger partial charge is 0.323 e. The van der Waals surface area contributed by atoms with E-state index in [9.17, 15) is 4.79 Å². The summed E-state index contributed by atoms with van der Waals surface area (Å²) in [7, 11) is 1.42. The molecule has 6 nitrogen and oxygen atoms in total. The fourth-order valence-corrected chi connectivity index (χ4v) is 3.74. The summed E-state index contributed by atoms with van der Waals surface area (Å²) < 4.78 is 16.7. The number of aromatic nitrogens is 1. The minimum Gasteiger partial charge on any atom is -0.468 e. The summed E-state index contributed by atoms with van der Waals surface area (Å²) in [5.74, 6) is -0.870. The molecule has 6 heteroatoms. The van der Waals surface area contributed by atoms with Gasteiger partial charge in [-0.15, -0.1) is 0 Å². The molecule has 1 saturated heterocycles. The molecule has 24 heavy (non-hydrogen) atoms. The molecule has 2 aromatic rings. The van der Waals surface area contributed by atoms with Crippen molar-refractivity contribution in [1.82, 2.24) is 10.3 Å². The molecule has 0 saturated carbocycles. The van der Waals surface area contributed by atoms with E-state index in [1.54, 1.807) is 0 Å². The predicted molar refractivity (Wildman–Crippen MR) is 88.6 cm³/mol. The van der Waals surface area contributed by atoms with Crippen molar-refractivity contribution in [1.29, 1.82) is 0 Å². The minimum absolute atomic E-state index is 0.146. The molecule has 1 aromatic heterocycles. The summed E-state index contributed by atoms with van der Waals surface area (Å²) in [4.78, 5) is 15.7. The summed E-state index contributed by atoms with van der Waals surface area (Å²) in [5, 5.41) is 4.53. The molecule has 1 unspecified atom stereocenters. The van der Waals surface area contributed by atoms with Crippen LogP contribution in [0.15, 0.2) is 24.3 Å². The highest BCUT2D eigenvalue weighted by molar-refractivity contribution is 5.87. The second kappa shape index (κ2) is 5.58. The number of methoxy groups -OCH3 is 1. The Hall–Kier alpha value is -1.89. The van der Waals surface area contributed by atoms with Crippen LogP contribution in [0.5, 0.6) is 0 Å². The number of esters is 1. The zero-order chi connectivity index (χ0) is 16.9. The van der Waals surface area contributed by atoms with E-state index in [0.717, 1.165) is 22.2 Å². The van der Waals surface area contributed by atoms with Gasteiger partial charge in [0.1, 0.15) is 12.1 Å². The van der Waals surface area contributed by atoms with Crippen LogP contribution in [0.1, 0.15) is 31.1 Å². The first kappa shape index (κ1) is 15.6. The monoisotopic (exact) mass is 330 g/mol. The molecule has 3 atom stereocenters. The van der Waals surface area contributed by atoms with Crippen LogP contribution in [0.25, 0.3) is 10.9 Å². The van der Waals surface area contributed by atoms with Gasteiger partial charge < -0.3 is 19.2 Å². The number of hydrogen-bond acceptors (Lipinski definition) is 5. The fraction of sp³-hybridized carbons (Fsp3) is 0.500. The number of nitrogens with one attached hydrogen (secondary N) is 2. The molecule has 0 amide bonds. The van der Waals surface area contributed by atoms with Crippen LogP contribution in [0.3, 0.4) is 0 Å². The number of ether oxygens (including phenoxy) is 3. The van der Waals surface area contributed by atoms with Gasteiger partial charge in [-0.05, 0) is 25.5 Å². The normalized spacial score (nSPS) is 28.7. The number of aromatic amines is 1. The molecule has 3 heterocycles. The zero-order valence-electron chi connectivity index (χ0n) is 14.1. The maximum absolute atomic E-state index is 12.2. The van der Waals surface area contributed by atoms with Crippen molar-refractivity contribution in [3.8, 4) is 0 Å². The number of fused-ring (bicyclic) bond motifs is 3. The Morgan fingerprint density at radius 1 is 1.33 bits per heavy atom. The third kappa shape index (κ3) is 2.51. The van der Waals surface area contributed by atoms with Crippen LogP contribution in [0.4, 0.5) is 0 Å². The van der Waals surface area contributed by atoms with Crippen molar-refractivity contribution in [2.45, 2.75) is 44.2 Å². The van der Waals surface area contributed by atoms with E-state index in [4.69, 9.17) is 14.2 Å². The molecule has 4 rings (SSSR count). The molecule has 0 aliphatic carbocycles. The maximum atomic E-state index is 12.2. The molecule has 0 bridgehead atoms. The van der Waals surface area contributed by atoms with Gasteiger partial charge in [-0.1, -0.05) is 18.2 Å². The van der Waals surface area contributed by atoms with Gasteiger partial charge in [0.2, 0.25) is 0 Å². The van der Waals surface area contributed by atoms with Gasteiger partial charge in [-0.3, -0.25) is 10.1 Å². The Morgan fingerprint density at radius 2 is 2.12 bits per heavy atom. The Balaban J connectivity index is 1.77. The predicted octanol–water partition coefficient (Wildman–Crippen LogP) is 2.05. The fourth-order valence-electron chi connectivity index (χ4n) is 3.74. The standard InChI is InChI=1S/C18H22N2O4/c1-18(2)23-9-14(24-18)16-15-11(8-13(20-16)17(21)22-3)10-6-4-5-7-12(10)19-15/h4-7,13-14,16,19-20H,8-9H2,1-3H3/t13-,14+,16?/m0/s1. The van der Waals surface area contributed by atoms with Gasteiger partial charge in [-0.25, -0.2) is 0 Å². The Labute approximate surface area is 140 Å². The summed E-state index contributed by atoms with van der Waals surface area (Å²) >= 11 is 0. The Bertz CT molecular complexity index is 782. The van der Waals surface area contributed by atoms with E-state index >= 15 is 0 Å². The van der Waals surface area contributed by atoms with Crippen molar-refractivity contribution < 1.29 is 19.0 Å². The van der Waals surface area contributed by atoms with Gasteiger partial charge in [-0.2, -0.15) is 0 Å². The molecule has 0 radical (unpaired) electrons. The van der Waals surface area contributed by atoms with Crippen LogP contribution in [-0.4, -0.2) is 42.6 Å². The SMILES string of the molecule is COC(=O)[C@@H]1Cc2c([nH]c3ccccc23)C([C@H]2COC(C)(C)O2)N1. The molecule has 1 aromatic carbocycles. The Morgan fingerprint density at radius 3 is 2.83 bits per heavy atom. The summed E-state index contributed by atoms with van der Waals surface area (Å²) in [5.41, 5.74) is 3.29. The van der Waals surface area contributed by atoms with Crippen LogP contribution in [0.2, 0.25) is 0 Å². The van der Waals surface area contributed by atoms with E-state index < -0.39 is 5.79 Å². The number of rotatable bonds is 2. The lowest BCUT2D eigenvalue weighted by Gasteiger charge is -2.33. The van der Waals surface area contributed by atoms with Crippen molar-refractivity contribution in [3.63, 3.8) is 0 Å². The van der Waals surface area contributed by atoms with Crippen molar-refractivity contribution in [3.05, 3.63) is 35.5 Å². The van der Waals surface area contributed by atoms with Gasteiger partial charge in [0, 0.05) is 23.0 Å². The lowest BCUT2D eigenvalue weighted by molar-refractivity contribution is -0.147. The largest absolute Gasteiger partial charge is 0.468 e. The third-order valence-electron chi connectivity index (χ3n) is 4.83. The zero-order valence-corrected chi connectivity index (χ0v) is 14.1. The first-order valence-corrected chi connectivity index (χ1v) is 8.23. The number of H-pyrrole nitrogens is 1. The third-order valence-corrected chi connectivity index (χ3v) is 4.83. The van der Waals surface area contributed by atoms with Gasteiger partial charge in [0.05, 0.1) is 19.8 Å². The van der Waals surface area contributed by atoms with Crippen LogP contribution in [-0.2, 0) is 25.4 Å². The van der Waals surface area contributed by atoms with Crippen LogP contribution >= 0.6 is 0 Å². The average Bonchev–Trinajstić information content (AvgIpc) is 3.13. The molecule has 128 valence electrons. The second-order valence-corrected chi connectivity index (χ2v) is 6.85. The molecule has 2 aliphatic heterocycles. The van der Waals surface area contributed by atoms with Crippen LogP contribution in [0, 0.1) is 0 Å². The minimum atomic E-state index is -0.614. The number of carbonyl (C=O) groups excluding carboxylic acids is 1. The number of benzene rings is 1. The highest BCUT2D eigenvalue weighted by Crippen LogP contribution is 2.37. The van der Waals surface area contributed by atoms with Crippen molar-refractivity contribution in [2.24, 2.45) is 0 Å². The summed E-state index contributed by atoms with van der Waals surface area (Å²) in [6, 6.07) is 7.61. The van der Waals surface area contributed by atoms with Crippen molar-refractivity contribution in [2.75, 3.05) is 13.7 Å². The van der Waals surface area contributed by atoms with E-state index in [2.05, 4.69) is 16.4 Å². The molecule has 1 fully saturated rings. The molecular weight excluding hydrogens is 308 g/mol. The first-order chi connectivity index (χ1) is 11.5.